The number of rotatable bonds is 3. The maximum absolute atomic E-state index is 11.3. The highest BCUT2D eigenvalue weighted by Gasteiger charge is 2.16. The van der Waals surface area contributed by atoms with Crippen molar-refractivity contribution in [1.29, 1.82) is 0 Å². The monoisotopic (exact) mass is 227 g/mol. The number of fused-ring (bicyclic) bond motifs is 1. The Morgan fingerprint density at radius 2 is 2.53 bits per heavy atom. The van der Waals surface area contributed by atoms with Gasteiger partial charge in [0, 0.05) is 19.4 Å². The summed E-state index contributed by atoms with van der Waals surface area (Å²) < 4.78 is 5.30. The van der Waals surface area contributed by atoms with Crippen LogP contribution in [0.3, 0.4) is 0 Å². The van der Waals surface area contributed by atoms with Crippen molar-refractivity contribution in [2.24, 2.45) is 5.73 Å². The number of nitrogens with zero attached hydrogens (tertiary/aromatic N) is 1. The molecule has 0 saturated heterocycles. The summed E-state index contributed by atoms with van der Waals surface area (Å²) >= 11 is 1.48. The van der Waals surface area contributed by atoms with Crippen molar-refractivity contribution in [2.45, 2.75) is 19.4 Å². The Bertz CT molecular complexity index is 341. The second-order valence-electron chi connectivity index (χ2n) is 3.28. The van der Waals surface area contributed by atoms with Crippen LogP contribution in [0.5, 0.6) is 0 Å². The number of carbonyl (C=O) groups excluding carboxylic acids is 1. The van der Waals surface area contributed by atoms with E-state index in [4.69, 9.17) is 10.5 Å². The zero-order valence-corrected chi connectivity index (χ0v) is 9.10. The number of thiazole rings is 1. The van der Waals surface area contributed by atoms with Gasteiger partial charge in [-0.1, -0.05) is 11.3 Å². The maximum atomic E-state index is 11.3. The summed E-state index contributed by atoms with van der Waals surface area (Å²) in [7, 11) is 0. The van der Waals surface area contributed by atoms with Gasteiger partial charge >= 0.3 is 0 Å². The van der Waals surface area contributed by atoms with Gasteiger partial charge in [-0.05, 0) is 0 Å². The molecule has 1 aliphatic rings. The Balaban J connectivity index is 2.03. The van der Waals surface area contributed by atoms with Crippen LogP contribution >= 0.6 is 11.3 Å². The summed E-state index contributed by atoms with van der Waals surface area (Å²) in [6, 6.07) is 0. The smallest absolute Gasteiger partial charge is 0.227 e. The third-order valence-electron chi connectivity index (χ3n) is 2.11. The topological polar surface area (TPSA) is 77.2 Å². The Hall–Kier alpha value is -0.980. The van der Waals surface area contributed by atoms with E-state index in [0.29, 0.717) is 31.3 Å². The van der Waals surface area contributed by atoms with Crippen molar-refractivity contribution < 1.29 is 9.53 Å². The van der Waals surface area contributed by atoms with Gasteiger partial charge in [-0.3, -0.25) is 4.79 Å². The fourth-order valence-corrected chi connectivity index (χ4v) is 2.35. The molecule has 0 aromatic carbocycles. The SMILES string of the molecule is NCCC(=O)Nc1nc2c(s1)COCC2. The van der Waals surface area contributed by atoms with Crippen LogP contribution in [0.4, 0.5) is 5.13 Å². The highest BCUT2D eigenvalue weighted by molar-refractivity contribution is 7.15. The summed E-state index contributed by atoms with van der Waals surface area (Å²) in [5, 5.41) is 3.39. The van der Waals surface area contributed by atoms with Crippen LogP contribution in [0.1, 0.15) is 17.0 Å². The molecule has 1 aromatic rings. The van der Waals surface area contributed by atoms with Crippen LogP contribution in [0.15, 0.2) is 0 Å². The third kappa shape index (κ3) is 2.53. The van der Waals surface area contributed by atoms with Crippen LogP contribution in [0, 0.1) is 0 Å². The molecule has 82 valence electrons. The van der Waals surface area contributed by atoms with E-state index in [1.54, 1.807) is 0 Å². The molecule has 6 heteroatoms. The van der Waals surface area contributed by atoms with Gasteiger partial charge in [-0.2, -0.15) is 0 Å². The quantitative estimate of drug-likeness (QED) is 0.788. The van der Waals surface area contributed by atoms with E-state index in [1.165, 1.54) is 11.3 Å². The number of amides is 1. The first-order valence-electron chi connectivity index (χ1n) is 4.86. The van der Waals surface area contributed by atoms with E-state index in [2.05, 4.69) is 10.3 Å². The molecule has 0 fully saturated rings. The lowest BCUT2D eigenvalue weighted by Crippen LogP contribution is -2.16. The van der Waals surface area contributed by atoms with Crippen molar-refractivity contribution in [2.75, 3.05) is 18.5 Å². The van der Waals surface area contributed by atoms with Gasteiger partial charge in [-0.25, -0.2) is 4.98 Å². The van der Waals surface area contributed by atoms with Gasteiger partial charge in [0.1, 0.15) is 0 Å². The summed E-state index contributed by atoms with van der Waals surface area (Å²) in [5.41, 5.74) is 6.33. The summed E-state index contributed by atoms with van der Waals surface area (Å²) in [6.07, 6.45) is 1.17. The Morgan fingerprint density at radius 3 is 3.27 bits per heavy atom. The molecule has 1 aliphatic heterocycles. The highest BCUT2D eigenvalue weighted by atomic mass is 32.1. The number of nitrogens with two attached hydrogens (primary N) is 1. The lowest BCUT2D eigenvalue weighted by Gasteiger charge is -2.08. The first kappa shape index (κ1) is 10.5. The van der Waals surface area contributed by atoms with Crippen molar-refractivity contribution in [1.82, 2.24) is 4.98 Å². The zero-order chi connectivity index (χ0) is 10.7. The van der Waals surface area contributed by atoms with E-state index in [9.17, 15) is 4.79 Å². The van der Waals surface area contributed by atoms with E-state index >= 15 is 0 Å². The molecular formula is C9H13N3O2S. The average Bonchev–Trinajstić information content (AvgIpc) is 2.59. The number of nitrogens with one attached hydrogen (secondary N) is 1. The van der Waals surface area contributed by atoms with Crippen LogP contribution in [0.2, 0.25) is 0 Å². The van der Waals surface area contributed by atoms with Crippen molar-refractivity contribution in [3.8, 4) is 0 Å². The molecule has 0 atom stereocenters. The second kappa shape index (κ2) is 4.69. The molecule has 2 heterocycles. The van der Waals surface area contributed by atoms with E-state index in [1.807, 2.05) is 0 Å². The summed E-state index contributed by atoms with van der Waals surface area (Å²) in [5.74, 6) is -0.0792. The number of hydrogen-bond donors (Lipinski definition) is 2. The Kier molecular flexibility index (Phi) is 3.30. The first-order chi connectivity index (χ1) is 7.29. The lowest BCUT2D eigenvalue weighted by molar-refractivity contribution is -0.116. The van der Waals surface area contributed by atoms with E-state index in [0.717, 1.165) is 17.0 Å². The van der Waals surface area contributed by atoms with Crippen LogP contribution in [0.25, 0.3) is 0 Å². The molecule has 5 nitrogen and oxygen atoms in total. The van der Waals surface area contributed by atoms with Gasteiger partial charge in [0.15, 0.2) is 5.13 Å². The third-order valence-corrected chi connectivity index (χ3v) is 3.10. The number of hydrogen-bond acceptors (Lipinski definition) is 5. The molecule has 0 aliphatic carbocycles. The van der Waals surface area contributed by atoms with E-state index in [-0.39, 0.29) is 5.91 Å². The molecule has 0 unspecified atom stereocenters. The van der Waals surface area contributed by atoms with Crippen molar-refractivity contribution >= 4 is 22.4 Å². The second-order valence-corrected chi connectivity index (χ2v) is 4.36. The molecule has 0 bridgehead atoms. The minimum atomic E-state index is -0.0792. The number of aromatic nitrogens is 1. The van der Waals surface area contributed by atoms with Crippen LogP contribution < -0.4 is 11.1 Å². The molecule has 2 rings (SSSR count). The molecular weight excluding hydrogens is 214 g/mol. The maximum Gasteiger partial charge on any atom is 0.227 e. The molecule has 1 amide bonds. The number of carbonyl (C=O) groups is 1. The minimum Gasteiger partial charge on any atom is -0.375 e. The normalized spacial score (nSPS) is 14.7. The van der Waals surface area contributed by atoms with Gasteiger partial charge in [-0.15, -0.1) is 0 Å². The number of ether oxygens (including phenoxy) is 1. The standard InChI is InChI=1S/C9H13N3O2S/c10-3-1-8(13)12-9-11-6-2-4-14-5-7(6)15-9/h1-5,10H2,(H,11,12,13). The highest BCUT2D eigenvalue weighted by Crippen LogP contribution is 2.26. The predicted octanol–water partition coefficient (Wildman–Crippen LogP) is 0.503. The van der Waals surface area contributed by atoms with Crippen molar-refractivity contribution in [3.63, 3.8) is 0 Å². The number of anilines is 1. The minimum absolute atomic E-state index is 0.0792. The Labute approximate surface area is 91.6 Å². The van der Waals surface area contributed by atoms with Crippen LogP contribution in [-0.4, -0.2) is 24.0 Å². The Morgan fingerprint density at radius 1 is 1.67 bits per heavy atom. The molecule has 0 radical (unpaired) electrons. The fraction of sp³-hybridized carbons (Fsp3) is 0.556. The van der Waals surface area contributed by atoms with E-state index < -0.39 is 0 Å². The molecule has 15 heavy (non-hydrogen) atoms. The summed E-state index contributed by atoms with van der Waals surface area (Å²) in [6.45, 7) is 1.69. The van der Waals surface area contributed by atoms with Gasteiger partial charge < -0.3 is 15.8 Å². The molecule has 0 spiro atoms. The molecule has 1 aromatic heterocycles. The van der Waals surface area contributed by atoms with Crippen molar-refractivity contribution in [3.05, 3.63) is 10.6 Å². The van der Waals surface area contributed by atoms with Crippen LogP contribution in [-0.2, 0) is 22.6 Å². The molecule has 0 saturated carbocycles. The predicted molar refractivity (Wildman–Crippen MR) is 57.8 cm³/mol. The first-order valence-corrected chi connectivity index (χ1v) is 5.67. The average molecular weight is 227 g/mol. The van der Waals surface area contributed by atoms with Gasteiger partial charge in [0.2, 0.25) is 5.91 Å². The zero-order valence-electron chi connectivity index (χ0n) is 8.28. The van der Waals surface area contributed by atoms with Gasteiger partial charge in [0.25, 0.3) is 0 Å². The molecule has 3 N–H and O–H groups in total. The van der Waals surface area contributed by atoms with Gasteiger partial charge in [0.05, 0.1) is 23.8 Å². The summed E-state index contributed by atoms with van der Waals surface area (Å²) in [4.78, 5) is 16.7. The lowest BCUT2D eigenvalue weighted by atomic mass is 10.2. The fourth-order valence-electron chi connectivity index (χ4n) is 1.39. The largest absolute Gasteiger partial charge is 0.375 e.